The second-order valence-corrected chi connectivity index (χ2v) is 8.66. The van der Waals surface area contributed by atoms with Gasteiger partial charge in [-0.1, -0.05) is 41.5 Å². The molecule has 0 bridgehead atoms. The number of phenolic OH excluding ortho intramolecular Hbond substituents is 3. The molecule has 0 atom stereocenters. The highest BCUT2D eigenvalue weighted by Gasteiger charge is 2.23. The third-order valence-corrected chi connectivity index (χ3v) is 5.49. The minimum Gasteiger partial charge on any atom is -0.507 e. The van der Waals surface area contributed by atoms with Gasteiger partial charge in [-0.25, -0.2) is 0 Å². The number of ether oxygens (including phenoxy) is 1. The van der Waals surface area contributed by atoms with Crippen molar-refractivity contribution in [1.82, 2.24) is 0 Å². The summed E-state index contributed by atoms with van der Waals surface area (Å²) in [4.78, 5) is 13.7. The first-order valence-electron chi connectivity index (χ1n) is 10.9. The van der Waals surface area contributed by atoms with Crippen molar-refractivity contribution >= 4 is 28.0 Å². The Morgan fingerprint density at radius 1 is 1.03 bits per heavy atom. The van der Waals surface area contributed by atoms with Gasteiger partial charge in [-0.3, -0.25) is 4.79 Å². The van der Waals surface area contributed by atoms with E-state index in [1.54, 1.807) is 19.1 Å². The quantitative estimate of drug-likeness (QED) is 0.210. The van der Waals surface area contributed by atoms with Gasteiger partial charge in [0.25, 0.3) is 0 Å². The molecule has 3 rings (SSSR count). The van der Waals surface area contributed by atoms with Crippen molar-refractivity contribution in [3.63, 3.8) is 0 Å². The summed E-state index contributed by atoms with van der Waals surface area (Å²) in [5, 5.41) is 31.7. The van der Waals surface area contributed by atoms with Crippen molar-refractivity contribution in [2.75, 3.05) is 7.11 Å². The SMILES string of the molecule is C=C(C)/C=C/c1c(O)cc(O)c2c(=O)c3c(C/C=C(/C)CC=C(C)C)c(OC)c(O)cc3oc12. The highest BCUT2D eigenvalue weighted by Crippen LogP contribution is 2.40. The minimum absolute atomic E-state index is 0.0123. The lowest BCUT2D eigenvalue weighted by atomic mass is 9.98. The van der Waals surface area contributed by atoms with E-state index in [1.165, 1.54) is 18.7 Å². The van der Waals surface area contributed by atoms with Crippen LogP contribution >= 0.6 is 0 Å². The van der Waals surface area contributed by atoms with Gasteiger partial charge in [-0.05, 0) is 46.6 Å². The normalized spacial score (nSPS) is 12.0. The van der Waals surface area contributed by atoms with Gasteiger partial charge < -0.3 is 24.5 Å². The molecule has 0 spiro atoms. The molecule has 3 aromatic rings. The average Bonchev–Trinajstić information content (AvgIpc) is 2.74. The van der Waals surface area contributed by atoms with Gasteiger partial charge in [0.15, 0.2) is 17.1 Å². The van der Waals surface area contributed by atoms with E-state index in [0.29, 0.717) is 12.0 Å². The van der Waals surface area contributed by atoms with Crippen LogP contribution < -0.4 is 10.2 Å². The van der Waals surface area contributed by atoms with Gasteiger partial charge in [-0.2, -0.15) is 0 Å². The van der Waals surface area contributed by atoms with Crippen molar-refractivity contribution < 1.29 is 24.5 Å². The third-order valence-electron chi connectivity index (χ3n) is 5.49. The van der Waals surface area contributed by atoms with E-state index in [0.717, 1.165) is 23.6 Å². The number of phenols is 3. The second-order valence-electron chi connectivity index (χ2n) is 8.66. The van der Waals surface area contributed by atoms with Gasteiger partial charge in [-0.15, -0.1) is 0 Å². The molecule has 0 unspecified atom stereocenters. The lowest BCUT2D eigenvalue weighted by molar-refractivity contribution is 0.370. The average molecular weight is 463 g/mol. The van der Waals surface area contributed by atoms with Crippen LogP contribution in [-0.4, -0.2) is 22.4 Å². The van der Waals surface area contributed by atoms with Crippen LogP contribution in [0.2, 0.25) is 0 Å². The standard InChI is InChI=1S/C28H30O6/c1-15(2)7-9-17(5)10-12-19-24-23(14-22(31)27(19)33-6)34-28-18(11-8-16(3)4)20(29)13-21(30)25(28)26(24)32/h7-8,10-11,13-14,29-31H,3,9,12H2,1-2,4-6H3/b11-8+,17-10-. The fourth-order valence-electron chi connectivity index (χ4n) is 3.75. The van der Waals surface area contributed by atoms with E-state index in [2.05, 4.69) is 12.7 Å². The van der Waals surface area contributed by atoms with Gasteiger partial charge in [0.1, 0.15) is 22.5 Å². The largest absolute Gasteiger partial charge is 0.507 e. The summed E-state index contributed by atoms with van der Waals surface area (Å²) < 4.78 is 11.4. The molecular formula is C28H30O6. The molecule has 0 saturated carbocycles. The maximum absolute atomic E-state index is 13.7. The van der Waals surface area contributed by atoms with Crippen LogP contribution in [0.1, 0.15) is 45.2 Å². The summed E-state index contributed by atoms with van der Waals surface area (Å²) in [6.07, 6.45) is 8.37. The molecule has 0 aliphatic carbocycles. The second kappa shape index (κ2) is 9.91. The topological polar surface area (TPSA) is 100 Å². The highest BCUT2D eigenvalue weighted by atomic mass is 16.5. The molecular weight excluding hydrogens is 432 g/mol. The molecule has 0 amide bonds. The number of aromatic hydroxyl groups is 3. The molecule has 0 saturated heterocycles. The summed E-state index contributed by atoms with van der Waals surface area (Å²) in [5.74, 6) is -0.651. The summed E-state index contributed by atoms with van der Waals surface area (Å²) in [5.41, 5.74) is 3.35. The maximum atomic E-state index is 13.7. The van der Waals surface area contributed by atoms with E-state index < -0.39 is 11.2 Å². The Labute approximate surface area is 198 Å². The Bertz CT molecular complexity index is 1430. The Hall–Kier alpha value is -3.93. The maximum Gasteiger partial charge on any atom is 0.204 e. The first-order valence-corrected chi connectivity index (χ1v) is 10.9. The fraction of sp³-hybridized carbons (Fsp3) is 0.250. The minimum atomic E-state index is -0.484. The zero-order chi connectivity index (χ0) is 25.2. The molecule has 6 heteroatoms. The third kappa shape index (κ3) is 4.86. The lowest BCUT2D eigenvalue weighted by Crippen LogP contribution is -2.08. The van der Waals surface area contributed by atoms with Gasteiger partial charge in [0.2, 0.25) is 5.43 Å². The smallest absolute Gasteiger partial charge is 0.204 e. The molecule has 0 fully saturated rings. The van der Waals surface area contributed by atoms with Crippen LogP contribution in [0.25, 0.3) is 28.0 Å². The lowest BCUT2D eigenvalue weighted by Gasteiger charge is -2.14. The van der Waals surface area contributed by atoms with Crippen LogP contribution in [0, 0.1) is 0 Å². The molecule has 34 heavy (non-hydrogen) atoms. The van der Waals surface area contributed by atoms with E-state index >= 15 is 0 Å². The van der Waals surface area contributed by atoms with Crippen LogP contribution in [0.4, 0.5) is 0 Å². The zero-order valence-electron chi connectivity index (χ0n) is 20.2. The van der Waals surface area contributed by atoms with Crippen LogP contribution in [-0.2, 0) is 6.42 Å². The number of rotatable bonds is 7. The van der Waals surface area contributed by atoms with Crippen LogP contribution in [0.15, 0.2) is 62.9 Å². The number of benzene rings is 2. The highest BCUT2D eigenvalue weighted by molar-refractivity contribution is 6.00. The van der Waals surface area contributed by atoms with Crippen molar-refractivity contribution in [3.05, 3.63) is 75.0 Å². The van der Waals surface area contributed by atoms with Crippen molar-refractivity contribution in [3.8, 4) is 23.0 Å². The molecule has 0 aliphatic rings. The first kappa shape index (κ1) is 24.7. The number of methoxy groups -OCH3 is 1. The molecule has 178 valence electrons. The van der Waals surface area contributed by atoms with Crippen molar-refractivity contribution in [2.24, 2.45) is 0 Å². The van der Waals surface area contributed by atoms with Crippen molar-refractivity contribution in [1.29, 1.82) is 0 Å². The fourth-order valence-corrected chi connectivity index (χ4v) is 3.75. The van der Waals surface area contributed by atoms with Crippen LogP contribution in [0.5, 0.6) is 23.0 Å². The summed E-state index contributed by atoms with van der Waals surface area (Å²) in [6.45, 7) is 11.6. The number of hydrogen-bond acceptors (Lipinski definition) is 6. The zero-order valence-corrected chi connectivity index (χ0v) is 20.2. The number of fused-ring (bicyclic) bond motifs is 2. The van der Waals surface area contributed by atoms with E-state index in [1.807, 2.05) is 26.8 Å². The van der Waals surface area contributed by atoms with E-state index in [-0.39, 0.29) is 44.8 Å². The molecule has 1 aromatic heterocycles. The van der Waals surface area contributed by atoms with Gasteiger partial charge >= 0.3 is 0 Å². The van der Waals surface area contributed by atoms with Gasteiger partial charge in [0, 0.05) is 17.7 Å². The molecule has 0 radical (unpaired) electrons. The van der Waals surface area contributed by atoms with Crippen LogP contribution in [0.3, 0.4) is 0 Å². The summed E-state index contributed by atoms with van der Waals surface area (Å²) >= 11 is 0. The number of hydrogen-bond donors (Lipinski definition) is 3. The van der Waals surface area contributed by atoms with E-state index in [9.17, 15) is 20.1 Å². The Morgan fingerprint density at radius 3 is 2.35 bits per heavy atom. The summed E-state index contributed by atoms with van der Waals surface area (Å²) in [6, 6.07) is 2.43. The van der Waals surface area contributed by atoms with Gasteiger partial charge in [0.05, 0.1) is 18.1 Å². The molecule has 0 aliphatic heterocycles. The Balaban J connectivity index is 2.37. The molecule has 3 N–H and O–H groups in total. The predicted octanol–water partition coefficient (Wildman–Crippen LogP) is 6.51. The molecule has 1 heterocycles. The van der Waals surface area contributed by atoms with E-state index in [4.69, 9.17) is 9.15 Å². The first-order chi connectivity index (χ1) is 16.0. The summed E-state index contributed by atoms with van der Waals surface area (Å²) in [7, 11) is 1.42. The number of allylic oxidation sites excluding steroid dienone is 6. The molecule has 6 nitrogen and oxygen atoms in total. The Morgan fingerprint density at radius 2 is 1.74 bits per heavy atom. The Kier molecular flexibility index (Phi) is 7.20. The predicted molar refractivity (Wildman–Crippen MR) is 137 cm³/mol. The van der Waals surface area contributed by atoms with Crippen molar-refractivity contribution in [2.45, 2.75) is 40.5 Å². The monoisotopic (exact) mass is 462 g/mol. The molecule has 2 aromatic carbocycles.